The van der Waals surface area contributed by atoms with Crippen molar-refractivity contribution in [3.63, 3.8) is 0 Å². The van der Waals surface area contributed by atoms with E-state index in [1.807, 2.05) is 6.07 Å². The minimum atomic E-state index is -4.85. The first-order chi connectivity index (χ1) is 31.2. The van der Waals surface area contributed by atoms with Crippen LogP contribution in [0.5, 0.6) is 0 Å². The Kier molecular flexibility index (Phi) is 17.0. The zero-order valence-corrected chi connectivity index (χ0v) is 37.4. The summed E-state index contributed by atoms with van der Waals surface area (Å²) in [5, 5.41) is 28.1. The van der Waals surface area contributed by atoms with E-state index in [0.29, 0.717) is 42.1 Å². The van der Waals surface area contributed by atoms with Crippen molar-refractivity contribution in [1.29, 1.82) is 0 Å². The number of nitrogens with zero attached hydrogens (tertiary/aromatic N) is 7. The second kappa shape index (κ2) is 22.4. The lowest BCUT2D eigenvalue weighted by atomic mass is 10.1. The largest absolute Gasteiger partial charge is 0.481 e. The number of hydrogen-bond donors (Lipinski definition) is 5. The van der Waals surface area contributed by atoms with Crippen molar-refractivity contribution in [3.05, 3.63) is 126 Å². The van der Waals surface area contributed by atoms with Gasteiger partial charge in [0.2, 0.25) is 5.95 Å². The van der Waals surface area contributed by atoms with Gasteiger partial charge in [0.15, 0.2) is 0 Å². The van der Waals surface area contributed by atoms with Crippen LogP contribution in [0.1, 0.15) is 54.9 Å². The molecule has 6 aromatic rings. The molecule has 0 atom stereocenters. The number of hydrogen-bond acceptors (Lipinski definition) is 18. The predicted molar refractivity (Wildman–Crippen MR) is 235 cm³/mol. The van der Waals surface area contributed by atoms with Crippen molar-refractivity contribution in [2.24, 2.45) is 20.5 Å². The molecule has 5 N–H and O–H groups in total. The van der Waals surface area contributed by atoms with Crippen molar-refractivity contribution in [3.8, 4) is 0 Å². The summed E-state index contributed by atoms with van der Waals surface area (Å²) < 4.78 is 129. The lowest BCUT2D eigenvalue weighted by molar-refractivity contribution is -0.137. The maximum atomic E-state index is 12.5. The Hall–Kier alpha value is -6.81. The monoisotopic (exact) mass is 982 g/mol. The van der Waals surface area contributed by atoms with E-state index in [4.69, 9.17) is 17.7 Å². The predicted octanol–water partition coefficient (Wildman–Crippen LogP) is 7.22. The number of carboxylic acids is 1. The maximum Gasteiger partial charge on any atom is 0.425 e. The van der Waals surface area contributed by atoms with E-state index in [2.05, 4.69) is 40.7 Å². The van der Waals surface area contributed by atoms with Crippen LogP contribution < -0.4 is 5.32 Å². The van der Waals surface area contributed by atoms with Gasteiger partial charge in [-0.2, -0.15) is 55.7 Å². The highest BCUT2D eigenvalue weighted by Crippen LogP contribution is 2.34. The molecular formula is C40H38N8O14S4. The van der Waals surface area contributed by atoms with Gasteiger partial charge in [0.05, 0.1) is 27.6 Å². The molecule has 0 spiro atoms. The number of aliphatic carboxylic acids is 1. The van der Waals surface area contributed by atoms with Gasteiger partial charge in [-0.1, -0.05) is 61.4 Å². The third-order valence-electron chi connectivity index (χ3n) is 9.08. The number of carboxylic acid groups (broad SMARTS) is 1. The number of carbonyl (C=O) groups is 1. The third kappa shape index (κ3) is 15.4. The molecule has 0 aliphatic rings. The van der Waals surface area contributed by atoms with Gasteiger partial charge in [-0.15, -0.1) is 12.6 Å². The molecule has 22 nitrogen and oxygen atoms in total. The zero-order valence-electron chi connectivity index (χ0n) is 34.1. The second-order valence-corrected chi connectivity index (χ2v) is 18.5. The van der Waals surface area contributed by atoms with Crippen molar-refractivity contribution in [2.75, 3.05) is 11.9 Å². The molecule has 0 aliphatic heterocycles. The van der Waals surface area contributed by atoms with Gasteiger partial charge in [0, 0.05) is 36.6 Å². The van der Waals surface area contributed by atoms with E-state index < -0.39 is 61.6 Å². The van der Waals surface area contributed by atoms with Crippen LogP contribution in [0.2, 0.25) is 0 Å². The molecule has 0 aliphatic carbocycles. The minimum Gasteiger partial charge on any atom is -0.481 e. The van der Waals surface area contributed by atoms with Crippen molar-refractivity contribution < 1.29 is 61.4 Å². The summed E-state index contributed by atoms with van der Waals surface area (Å²) >= 11 is 0. The quantitative estimate of drug-likeness (QED) is 0.0304. The lowest BCUT2D eigenvalue weighted by Crippen LogP contribution is -2.13. The van der Waals surface area contributed by atoms with Gasteiger partial charge in [-0.05, 0) is 78.6 Å². The zero-order chi connectivity index (χ0) is 48.1. The fourth-order valence-electron chi connectivity index (χ4n) is 6.22. The Labute approximate surface area is 379 Å². The van der Waals surface area contributed by atoms with E-state index in [-0.39, 0.29) is 58.7 Å². The summed E-state index contributed by atoms with van der Waals surface area (Å²) in [6, 6.07) is 25.4. The van der Waals surface area contributed by atoms with Crippen LogP contribution in [0.4, 0.5) is 28.7 Å². The molecule has 346 valence electrons. The van der Waals surface area contributed by atoms with Crippen LogP contribution in [0.3, 0.4) is 0 Å². The van der Waals surface area contributed by atoms with Gasteiger partial charge in [-0.3, -0.25) is 18.5 Å². The van der Waals surface area contributed by atoms with Gasteiger partial charge in [0.1, 0.15) is 21.4 Å². The molecule has 5 aromatic carbocycles. The van der Waals surface area contributed by atoms with E-state index >= 15 is 0 Å². The fourth-order valence-corrected chi connectivity index (χ4v) is 8.38. The molecule has 1 heterocycles. The molecule has 6 rings (SSSR count). The summed E-state index contributed by atoms with van der Waals surface area (Å²) in [6.45, 7) is 0.451. The summed E-state index contributed by atoms with van der Waals surface area (Å²) in [5.41, 5.74) is 1.78. The van der Waals surface area contributed by atoms with Crippen LogP contribution in [0, 0.1) is 0 Å². The average molecular weight is 983 g/mol. The van der Waals surface area contributed by atoms with Crippen LogP contribution in [-0.4, -0.2) is 84.1 Å². The van der Waals surface area contributed by atoms with Crippen LogP contribution >= 0.6 is 0 Å². The first-order valence-electron chi connectivity index (χ1n) is 19.2. The number of anilines is 1. The van der Waals surface area contributed by atoms with Crippen LogP contribution in [0.15, 0.2) is 138 Å². The highest BCUT2D eigenvalue weighted by molar-refractivity contribution is 7.86. The number of unbranched alkanes of at least 4 members (excludes halogenated alkanes) is 3. The molecule has 26 heteroatoms. The number of azo groups is 2. The Bertz CT molecular complexity index is 3250. The Morgan fingerprint density at radius 3 is 1.71 bits per heavy atom. The summed E-state index contributed by atoms with van der Waals surface area (Å²) in [5.74, 6) is -0.157. The number of fused-ring (bicyclic) bond motifs is 1. The number of aromatic nitrogens is 3. The topological polar surface area (TPSA) is 352 Å². The van der Waals surface area contributed by atoms with Gasteiger partial charge in [0.25, 0.3) is 30.4 Å². The fraction of sp³-hybridized carbons (Fsp3) is 0.200. The normalized spacial score (nSPS) is 12.0. The van der Waals surface area contributed by atoms with E-state index in [0.717, 1.165) is 25.0 Å². The number of rotatable bonds is 19. The number of nitrogens with one attached hydrogen (secondary N) is 1. The molecule has 66 heavy (non-hydrogen) atoms. The van der Waals surface area contributed by atoms with Gasteiger partial charge < -0.3 is 10.4 Å². The lowest BCUT2D eigenvalue weighted by Gasteiger charge is -2.11. The van der Waals surface area contributed by atoms with Gasteiger partial charge in [-0.25, -0.2) is 4.98 Å². The molecular weight excluding hydrogens is 945 g/mol. The van der Waals surface area contributed by atoms with E-state index in [1.165, 1.54) is 30.3 Å². The SMILES string of the molecule is O=C(O)CCCCCCNc1nc(Cc2ccc(N=Nc3cc(S(=O)(=O)O)c4cccc(S(=O)(=O)O)c4c3)cc2)nc(Cc2ccc(N=Nc3ccccc3)cc2S(=O)(=O)O)n1.O=S(=O)=O. The van der Waals surface area contributed by atoms with Crippen molar-refractivity contribution in [1.82, 2.24) is 15.0 Å². The molecule has 0 saturated carbocycles. The minimum absolute atomic E-state index is 0.0860. The molecule has 0 unspecified atom stereocenters. The van der Waals surface area contributed by atoms with Crippen LogP contribution in [-0.2, 0) is 58.6 Å². The van der Waals surface area contributed by atoms with Crippen molar-refractivity contribution >= 4 is 86.4 Å². The number of benzene rings is 5. The maximum absolute atomic E-state index is 12.5. The summed E-state index contributed by atoms with van der Waals surface area (Å²) in [6.07, 6.45) is 2.85. The first kappa shape index (κ1) is 50.2. The molecule has 0 radical (unpaired) electrons. The smallest absolute Gasteiger partial charge is 0.425 e. The molecule has 1 aromatic heterocycles. The van der Waals surface area contributed by atoms with E-state index in [9.17, 15) is 43.7 Å². The van der Waals surface area contributed by atoms with Crippen LogP contribution in [0.25, 0.3) is 10.8 Å². The molecule has 0 fully saturated rings. The summed E-state index contributed by atoms with van der Waals surface area (Å²) in [4.78, 5) is 22.9. The standard InChI is InChI=1S/C40H38N8O11S3.O3S/c49-39(50)13-6-1-2-7-20-41-40-43-37(42-38(44-40)22-27-16-19-30(24-35(27)61(54,55)56)47-45-28-9-4-3-5-10-28)21-26-14-17-29(18-15-26)46-48-31-23-33-32(36(25-31)62(57,58)59)11-8-12-34(33)60(51,52)53;1-4(2)3/h3-5,8-12,14-19,23-25H,1-2,6-7,13,20-22H2,(H,49,50)(H,51,52,53)(H,54,55,56)(H,57,58,59)(H,41,42,43,44);. The van der Waals surface area contributed by atoms with E-state index in [1.54, 1.807) is 54.6 Å². The highest BCUT2D eigenvalue weighted by atomic mass is 32.2. The second-order valence-electron chi connectivity index (χ2n) is 13.9. The summed E-state index contributed by atoms with van der Waals surface area (Å²) in [7, 11) is -17.5. The highest BCUT2D eigenvalue weighted by Gasteiger charge is 2.22. The molecule has 0 bridgehead atoms. The van der Waals surface area contributed by atoms with Gasteiger partial charge >= 0.3 is 16.6 Å². The average Bonchev–Trinajstić information content (AvgIpc) is 3.24. The Balaban J connectivity index is 0.00000196. The first-order valence-corrected chi connectivity index (χ1v) is 24.5. The Morgan fingerprint density at radius 2 is 1.09 bits per heavy atom. The third-order valence-corrected chi connectivity index (χ3v) is 11.8. The molecule has 0 saturated heterocycles. The Morgan fingerprint density at radius 1 is 0.545 bits per heavy atom. The molecule has 0 amide bonds. The van der Waals surface area contributed by atoms with Crippen molar-refractivity contribution in [2.45, 2.75) is 59.6 Å².